The normalized spacial score (nSPS) is 16.3. The molecule has 3 aromatic rings. The van der Waals surface area contributed by atoms with Gasteiger partial charge in [0, 0.05) is 45.3 Å². The molecule has 224 valence electrons. The lowest BCUT2D eigenvalue weighted by molar-refractivity contribution is -0.142. The molecule has 4 heterocycles. The van der Waals surface area contributed by atoms with Crippen LogP contribution in [0.4, 0.5) is 29.3 Å². The van der Waals surface area contributed by atoms with Crippen molar-refractivity contribution in [2.75, 3.05) is 62.2 Å². The average molecular weight is 590 g/mol. The maximum atomic E-state index is 14.9. The largest absolute Gasteiger partial charge is 0.506 e. The van der Waals surface area contributed by atoms with Crippen molar-refractivity contribution >= 4 is 28.6 Å². The van der Waals surface area contributed by atoms with Crippen LogP contribution in [-0.4, -0.2) is 93.7 Å². The first-order chi connectivity index (χ1) is 20.0. The van der Waals surface area contributed by atoms with Gasteiger partial charge in [-0.3, -0.25) is 19.1 Å². The highest BCUT2D eigenvalue weighted by molar-refractivity contribution is 5.91. The number of phenolic OH excluding ortho intramolecular Hbond substituents is 1. The van der Waals surface area contributed by atoms with Crippen molar-refractivity contribution in [3.63, 3.8) is 0 Å². The van der Waals surface area contributed by atoms with Crippen molar-refractivity contribution in [1.82, 2.24) is 24.3 Å². The number of carbonyl (C=O) groups is 1. The van der Waals surface area contributed by atoms with Gasteiger partial charge in [0.2, 0.25) is 11.9 Å². The number of nitrogens with zero attached hydrogens (tertiary/aromatic N) is 7. The molecule has 2 aliphatic rings. The minimum Gasteiger partial charge on any atom is -0.506 e. The minimum atomic E-state index is -5.10. The highest BCUT2D eigenvalue weighted by Gasteiger charge is 2.39. The average Bonchev–Trinajstić information content (AvgIpc) is 2.94. The number of piperazine rings is 1. The molecule has 2 saturated heterocycles. The SMILES string of the molecule is C=CC(=O)N1CCN(c2nc(N3CC(N(CC)CC)C3)nc3c(=O)n(-c4c(O)cccc4F)c(C(F)(F)F)cc23)CC1. The van der Waals surface area contributed by atoms with Gasteiger partial charge in [0.25, 0.3) is 5.56 Å². The molecule has 5 rings (SSSR count). The number of amides is 1. The van der Waals surface area contributed by atoms with Crippen LogP contribution < -0.4 is 15.4 Å². The fourth-order valence-electron chi connectivity index (χ4n) is 5.55. The zero-order valence-electron chi connectivity index (χ0n) is 23.2. The van der Waals surface area contributed by atoms with E-state index in [1.165, 1.54) is 6.08 Å². The van der Waals surface area contributed by atoms with Gasteiger partial charge < -0.3 is 19.8 Å². The number of phenols is 1. The first-order valence-electron chi connectivity index (χ1n) is 13.7. The van der Waals surface area contributed by atoms with Crippen molar-refractivity contribution in [2.45, 2.75) is 26.1 Å². The van der Waals surface area contributed by atoms with Gasteiger partial charge in [-0.15, -0.1) is 0 Å². The topological polar surface area (TPSA) is 98.0 Å². The standard InChI is InChI=1S/C28H31F4N7O3/c1-4-22(41)36-10-12-37(13-11-36)25-18-14-21(28(30,31)32)39(24-19(29)8-7-9-20(24)40)26(42)23(18)33-27(34-25)38-15-17(16-38)35(5-2)6-3/h4,7-9,14,17,40H,1,5-6,10-13,15-16H2,2-3H3. The van der Waals surface area contributed by atoms with Gasteiger partial charge in [-0.2, -0.15) is 18.2 Å². The summed E-state index contributed by atoms with van der Waals surface area (Å²) in [6.45, 7) is 11.4. The molecule has 2 fully saturated rings. The molecule has 0 bridgehead atoms. The Kier molecular flexibility index (Phi) is 7.84. The second kappa shape index (κ2) is 11.2. The maximum absolute atomic E-state index is 14.9. The van der Waals surface area contributed by atoms with E-state index < -0.39 is 34.7 Å². The lowest BCUT2D eigenvalue weighted by Crippen LogP contribution is -2.60. The van der Waals surface area contributed by atoms with Crippen LogP contribution in [-0.2, 0) is 11.0 Å². The lowest BCUT2D eigenvalue weighted by atomic mass is 10.1. The third-order valence-electron chi connectivity index (χ3n) is 7.86. The zero-order chi connectivity index (χ0) is 30.3. The van der Waals surface area contributed by atoms with E-state index in [-0.39, 0.29) is 65.4 Å². The summed E-state index contributed by atoms with van der Waals surface area (Å²) in [4.78, 5) is 42.4. The Bertz CT molecular complexity index is 1550. The molecule has 0 atom stereocenters. The van der Waals surface area contributed by atoms with Crippen LogP contribution in [0.1, 0.15) is 19.5 Å². The first-order valence-corrected chi connectivity index (χ1v) is 13.7. The minimum absolute atomic E-state index is 0.111. The van der Waals surface area contributed by atoms with E-state index >= 15 is 0 Å². The number of aromatic hydroxyl groups is 1. The van der Waals surface area contributed by atoms with Crippen molar-refractivity contribution in [1.29, 1.82) is 0 Å². The highest BCUT2D eigenvalue weighted by atomic mass is 19.4. The summed E-state index contributed by atoms with van der Waals surface area (Å²) in [6, 6.07) is 3.93. The van der Waals surface area contributed by atoms with Crippen molar-refractivity contribution in [2.24, 2.45) is 0 Å². The molecule has 0 aliphatic carbocycles. The Hall–Kier alpha value is -4.20. The third-order valence-corrected chi connectivity index (χ3v) is 7.86. The zero-order valence-corrected chi connectivity index (χ0v) is 23.2. The number of hydrogen-bond acceptors (Lipinski definition) is 8. The Morgan fingerprint density at radius 1 is 1.12 bits per heavy atom. The van der Waals surface area contributed by atoms with Crippen molar-refractivity contribution < 1.29 is 27.5 Å². The van der Waals surface area contributed by atoms with Crippen LogP contribution in [0.25, 0.3) is 16.6 Å². The first kappa shape index (κ1) is 29.3. The Morgan fingerprint density at radius 2 is 1.79 bits per heavy atom. The fourth-order valence-corrected chi connectivity index (χ4v) is 5.55. The highest BCUT2D eigenvalue weighted by Crippen LogP contribution is 2.37. The van der Waals surface area contributed by atoms with Gasteiger partial charge in [-0.1, -0.05) is 26.5 Å². The molecule has 0 spiro atoms. The lowest BCUT2D eigenvalue weighted by Gasteiger charge is -2.45. The number of fused-ring (bicyclic) bond motifs is 1. The molecule has 2 aliphatic heterocycles. The van der Waals surface area contributed by atoms with Gasteiger partial charge in [0.05, 0.1) is 5.39 Å². The van der Waals surface area contributed by atoms with E-state index in [2.05, 4.69) is 21.4 Å². The molecule has 1 amide bonds. The second-order valence-electron chi connectivity index (χ2n) is 10.2. The third kappa shape index (κ3) is 5.14. The molecule has 10 nitrogen and oxygen atoms in total. The summed E-state index contributed by atoms with van der Waals surface area (Å²) in [5.74, 6) is -2.03. The van der Waals surface area contributed by atoms with Crippen molar-refractivity contribution in [3.05, 3.63) is 58.8 Å². The maximum Gasteiger partial charge on any atom is 0.431 e. The van der Waals surface area contributed by atoms with Crippen molar-refractivity contribution in [3.8, 4) is 11.4 Å². The number of anilines is 2. The van der Waals surface area contributed by atoms with Crippen LogP contribution >= 0.6 is 0 Å². The van der Waals surface area contributed by atoms with Gasteiger partial charge in [-0.25, -0.2) is 9.37 Å². The van der Waals surface area contributed by atoms with Crippen LogP contribution in [0.5, 0.6) is 5.75 Å². The molecule has 0 unspecified atom stereocenters. The monoisotopic (exact) mass is 589 g/mol. The number of pyridine rings is 1. The number of halogens is 4. The van der Waals surface area contributed by atoms with Gasteiger partial charge in [0.1, 0.15) is 28.5 Å². The second-order valence-corrected chi connectivity index (χ2v) is 10.2. The summed E-state index contributed by atoms with van der Waals surface area (Å²) < 4.78 is 58.3. The summed E-state index contributed by atoms with van der Waals surface area (Å²) in [7, 11) is 0. The van der Waals surface area contributed by atoms with E-state index in [4.69, 9.17) is 0 Å². The molecular formula is C28H31F4N7O3. The number of carbonyl (C=O) groups excluding carboxylic acids is 1. The number of rotatable bonds is 7. The predicted octanol–water partition coefficient (Wildman–Crippen LogP) is 3.01. The Morgan fingerprint density at radius 3 is 2.36 bits per heavy atom. The molecule has 0 radical (unpaired) electrons. The van der Waals surface area contributed by atoms with E-state index in [0.29, 0.717) is 13.1 Å². The van der Waals surface area contributed by atoms with Crippen LogP contribution in [0.3, 0.4) is 0 Å². The van der Waals surface area contributed by atoms with Gasteiger partial charge in [0.15, 0.2) is 5.82 Å². The van der Waals surface area contributed by atoms with E-state index in [1.54, 1.807) is 9.80 Å². The van der Waals surface area contributed by atoms with Crippen LogP contribution in [0.2, 0.25) is 0 Å². The number of likely N-dealkylation sites (N-methyl/N-ethyl adjacent to an activating group) is 1. The van der Waals surface area contributed by atoms with E-state index in [9.17, 15) is 32.3 Å². The van der Waals surface area contributed by atoms with E-state index in [0.717, 1.165) is 37.4 Å². The molecule has 0 saturated carbocycles. The Balaban J connectivity index is 1.70. The quantitative estimate of drug-likeness (QED) is 0.332. The molecule has 14 heteroatoms. The summed E-state index contributed by atoms with van der Waals surface area (Å²) in [5, 5.41) is 10.2. The fraction of sp³-hybridized carbons (Fsp3) is 0.429. The summed E-state index contributed by atoms with van der Waals surface area (Å²) >= 11 is 0. The number of alkyl halides is 3. The number of aromatic nitrogens is 3. The Labute approximate surface area is 239 Å². The molecule has 1 N–H and O–H groups in total. The van der Waals surface area contributed by atoms with Crippen LogP contribution in [0, 0.1) is 5.82 Å². The number of para-hydroxylation sites is 1. The smallest absolute Gasteiger partial charge is 0.431 e. The molecule has 42 heavy (non-hydrogen) atoms. The molecule has 1 aromatic carbocycles. The molecule has 2 aromatic heterocycles. The molecular weight excluding hydrogens is 558 g/mol. The summed E-state index contributed by atoms with van der Waals surface area (Å²) in [6.07, 6.45) is -3.90. The summed E-state index contributed by atoms with van der Waals surface area (Å²) in [5.41, 5.74) is -3.99. The van der Waals surface area contributed by atoms with Gasteiger partial charge in [-0.05, 0) is 37.4 Å². The van der Waals surface area contributed by atoms with E-state index in [1.807, 2.05) is 18.7 Å². The predicted molar refractivity (Wildman–Crippen MR) is 150 cm³/mol. The van der Waals surface area contributed by atoms with Gasteiger partial charge >= 0.3 is 6.18 Å². The number of hydrogen-bond donors (Lipinski definition) is 1. The number of benzene rings is 1. The van der Waals surface area contributed by atoms with Crippen LogP contribution in [0.15, 0.2) is 41.7 Å².